The van der Waals surface area contributed by atoms with Gasteiger partial charge in [-0.3, -0.25) is 9.89 Å². The summed E-state index contributed by atoms with van der Waals surface area (Å²) in [5.41, 5.74) is 0. The van der Waals surface area contributed by atoms with Crippen LogP contribution in [0, 0.1) is 5.92 Å². The Kier molecular flexibility index (Phi) is 9.42. The number of fused-ring (bicyclic) bond motifs is 1. The second-order valence-corrected chi connectivity index (χ2v) is 7.98. The molecule has 160 valence electrons. The first-order chi connectivity index (χ1) is 13.1. The predicted molar refractivity (Wildman–Crippen MR) is 122 cm³/mol. The van der Waals surface area contributed by atoms with E-state index in [1.54, 1.807) is 7.11 Å². The SMILES string of the molecule is CN=C(NCC(C)N1CCCC(C)C1)NC1CCc2nc(COC)nn2C1.I. The molecule has 3 rings (SSSR count). The van der Waals surface area contributed by atoms with Crippen molar-refractivity contribution in [1.29, 1.82) is 0 Å². The number of ether oxygens (including phenoxy) is 1. The lowest BCUT2D eigenvalue weighted by atomic mass is 9.99. The van der Waals surface area contributed by atoms with E-state index in [0.717, 1.165) is 49.5 Å². The number of hydrogen-bond donors (Lipinski definition) is 2. The minimum absolute atomic E-state index is 0. The highest BCUT2D eigenvalue weighted by Crippen LogP contribution is 2.17. The monoisotopic (exact) mass is 505 g/mol. The van der Waals surface area contributed by atoms with Crippen LogP contribution in [0.2, 0.25) is 0 Å². The van der Waals surface area contributed by atoms with Crippen LogP contribution in [0.3, 0.4) is 0 Å². The molecule has 0 spiro atoms. The summed E-state index contributed by atoms with van der Waals surface area (Å²) >= 11 is 0. The number of hydrogen-bond acceptors (Lipinski definition) is 5. The normalized spacial score (nSPS) is 24.2. The number of aryl methyl sites for hydroxylation is 1. The highest BCUT2D eigenvalue weighted by atomic mass is 127. The maximum absolute atomic E-state index is 5.14. The van der Waals surface area contributed by atoms with Crippen molar-refractivity contribution >= 4 is 29.9 Å². The van der Waals surface area contributed by atoms with Gasteiger partial charge in [0, 0.05) is 45.8 Å². The van der Waals surface area contributed by atoms with Gasteiger partial charge < -0.3 is 15.4 Å². The number of aliphatic imine (C=N–C) groups is 1. The molecule has 2 aliphatic rings. The van der Waals surface area contributed by atoms with Gasteiger partial charge in [-0.05, 0) is 38.6 Å². The van der Waals surface area contributed by atoms with Crippen LogP contribution in [0.25, 0.3) is 0 Å². The molecule has 9 heteroatoms. The fraction of sp³-hybridized carbons (Fsp3) is 0.842. The first kappa shape index (κ1) is 23.3. The molecule has 1 aromatic heterocycles. The van der Waals surface area contributed by atoms with Gasteiger partial charge in [0.2, 0.25) is 0 Å². The number of nitrogens with zero attached hydrogens (tertiary/aromatic N) is 5. The number of guanidine groups is 1. The third-order valence-corrected chi connectivity index (χ3v) is 5.62. The number of rotatable bonds is 6. The predicted octanol–water partition coefficient (Wildman–Crippen LogP) is 1.64. The van der Waals surface area contributed by atoms with E-state index in [9.17, 15) is 0 Å². The van der Waals surface area contributed by atoms with Gasteiger partial charge in [-0.1, -0.05) is 6.92 Å². The number of nitrogens with one attached hydrogen (secondary N) is 2. The summed E-state index contributed by atoms with van der Waals surface area (Å²) in [4.78, 5) is 11.5. The van der Waals surface area contributed by atoms with Crippen molar-refractivity contribution < 1.29 is 4.74 Å². The molecule has 3 unspecified atom stereocenters. The summed E-state index contributed by atoms with van der Waals surface area (Å²) in [6.07, 6.45) is 4.63. The molecule has 0 aliphatic carbocycles. The van der Waals surface area contributed by atoms with E-state index in [1.807, 2.05) is 11.7 Å². The maximum Gasteiger partial charge on any atom is 0.191 e. The van der Waals surface area contributed by atoms with Gasteiger partial charge >= 0.3 is 0 Å². The lowest BCUT2D eigenvalue weighted by Gasteiger charge is -2.36. The van der Waals surface area contributed by atoms with Gasteiger partial charge in [0.05, 0.1) is 6.54 Å². The summed E-state index contributed by atoms with van der Waals surface area (Å²) < 4.78 is 7.14. The zero-order valence-electron chi connectivity index (χ0n) is 17.6. The van der Waals surface area contributed by atoms with Crippen molar-refractivity contribution in [1.82, 2.24) is 30.3 Å². The highest BCUT2D eigenvalue weighted by Gasteiger charge is 2.24. The molecule has 0 bridgehead atoms. The van der Waals surface area contributed by atoms with E-state index >= 15 is 0 Å². The Labute approximate surface area is 185 Å². The van der Waals surface area contributed by atoms with Crippen LogP contribution in [-0.4, -0.2) is 71.5 Å². The summed E-state index contributed by atoms with van der Waals surface area (Å²) in [7, 11) is 3.51. The Hall–Kier alpha value is -0.940. The largest absolute Gasteiger partial charge is 0.377 e. The fourth-order valence-electron chi connectivity index (χ4n) is 4.06. The van der Waals surface area contributed by atoms with Crippen molar-refractivity contribution in [2.24, 2.45) is 10.9 Å². The Morgan fingerprint density at radius 1 is 1.36 bits per heavy atom. The van der Waals surface area contributed by atoms with Crippen LogP contribution < -0.4 is 10.6 Å². The third kappa shape index (κ3) is 6.28. The Morgan fingerprint density at radius 2 is 2.18 bits per heavy atom. The second-order valence-electron chi connectivity index (χ2n) is 7.98. The molecule has 1 saturated heterocycles. The standard InChI is InChI=1S/C19H35N7O.HI/c1-14-6-5-9-25(11-14)15(2)10-21-19(20-3)22-16-7-8-18-23-17(13-27-4)24-26(18)12-16;/h14-16H,5-13H2,1-4H3,(H2,20,21,22);1H. The van der Waals surface area contributed by atoms with E-state index in [1.165, 1.54) is 25.9 Å². The van der Waals surface area contributed by atoms with Crippen LogP contribution >= 0.6 is 24.0 Å². The van der Waals surface area contributed by atoms with E-state index in [2.05, 4.69) is 44.5 Å². The number of halogens is 1. The Balaban J connectivity index is 0.00000280. The van der Waals surface area contributed by atoms with Crippen LogP contribution in [0.1, 0.15) is 44.8 Å². The molecule has 28 heavy (non-hydrogen) atoms. The summed E-state index contributed by atoms with van der Waals surface area (Å²) in [5, 5.41) is 11.6. The number of piperidine rings is 1. The zero-order chi connectivity index (χ0) is 19.2. The molecule has 1 aromatic rings. The quantitative estimate of drug-likeness (QED) is 0.348. The first-order valence-corrected chi connectivity index (χ1v) is 10.2. The highest BCUT2D eigenvalue weighted by molar-refractivity contribution is 14.0. The summed E-state index contributed by atoms with van der Waals surface area (Å²) in [6, 6.07) is 0.822. The molecule has 2 aliphatic heterocycles. The number of aromatic nitrogens is 3. The van der Waals surface area contributed by atoms with Crippen LogP contribution in [0.15, 0.2) is 4.99 Å². The molecule has 3 atom stereocenters. The molecule has 2 N–H and O–H groups in total. The van der Waals surface area contributed by atoms with Gasteiger partial charge in [-0.2, -0.15) is 5.10 Å². The fourth-order valence-corrected chi connectivity index (χ4v) is 4.06. The van der Waals surface area contributed by atoms with Gasteiger partial charge in [0.25, 0.3) is 0 Å². The van der Waals surface area contributed by atoms with Gasteiger partial charge in [0.15, 0.2) is 11.8 Å². The van der Waals surface area contributed by atoms with Crippen molar-refractivity contribution in [2.75, 3.05) is 33.8 Å². The van der Waals surface area contributed by atoms with E-state index < -0.39 is 0 Å². The lowest BCUT2D eigenvalue weighted by molar-refractivity contribution is 0.139. The molecule has 0 aromatic carbocycles. The summed E-state index contributed by atoms with van der Waals surface area (Å²) in [5.74, 6) is 3.49. The third-order valence-electron chi connectivity index (χ3n) is 5.62. The Bertz CT molecular complexity index is 636. The molecular weight excluding hydrogens is 469 g/mol. The molecule has 8 nitrogen and oxygen atoms in total. The number of likely N-dealkylation sites (tertiary alicyclic amines) is 1. The molecule has 3 heterocycles. The van der Waals surface area contributed by atoms with E-state index in [4.69, 9.17) is 4.74 Å². The first-order valence-electron chi connectivity index (χ1n) is 10.2. The topological polar surface area (TPSA) is 79.6 Å². The second kappa shape index (κ2) is 11.3. The van der Waals surface area contributed by atoms with Gasteiger partial charge in [-0.15, -0.1) is 24.0 Å². The molecule has 1 fully saturated rings. The summed E-state index contributed by atoms with van der Waals surface area (Å²) in [6.45, 7) is 9.26. The molecule has 0 saturated carbocycles. The molecule has 0 amide bonds. The van der Waals surface area contributed by atoms with Crippen LogP contribution in [0.5, 0.6) is 0 Å². The number of methoxy groups -OCH3 is 1. The zero-order valence-corrected chi connectivity index (χ0v) is 20.0. The average Bonchev–Trinajstić information content (AvgIpc) is 3.06. The molecular formula is C19H36IN7O. The van der Waals surface area contributed by atoms with E-state index in [-0.39, 0.29) is 24.0 Å². The minimum atomic E-state index is 0. The van der Waals surface area contributed by atoms with Crippen LogP contribution in [0.4, 0.5) is 0 Å². The smallest absolute Gasteiger partial charge is 0.191 e. The van der Waals surface area contributed by atoms with Crippen LogP contribution in [-0.2, 0) is 24.3 Å². The Morgan fingerprint density at radius 3 is 2.89 bits per heavy atom. The van der Waals surface area contributed by atoms with Crippen molar-refractivity contribution in [3.63, 3.8) is 0 Å². The maximum atomic E-state index is 5.14. The van der Waals surface area contributed by atoms with E-state index in [0.29, 0.717) is 18.7 Å². The minimum Gasteiger partial charge on any atom is -0.377 e. The van der Waals surface area contributed by atoms with Gasteiger partial charge in [-0.25, -0.2) is 9.67 Å². The lowest BCUT2D eigenvalue weighted by Crippen LogP contribution is -2.51. The van der Waals surface area contributed by atoms with Crippen molar-refractivity contribution in [2.45, 2.75) is 64.8 Å². The van der Waals surface area contributed by atoms with Crippen molar-refractivity contribution in [3.8, 4) is 0 Å². The molecule has 0 radical (unpaired) electrons. The average molecular weight is 505 g/mol. The van der Waals surface area contributed by atoms with Crippen molar-refractivity contribution in [3.05, 3.63) is 11.6 Å². The van der Waals surface area contributed by atoms with Gasteiger partial charge in [0.1, 0.15) is 12.4 Å².